The molecule has 1 aliphatic rings. The third-order valence-electron chi connectivity index (χ3n) is 4.91. The number of hydrogen-bond donors (Lipinski definition) is 2. The van der Waals surface area contributed by atoms with Crippen molar-refractivity contribution in [3.63, 3.8) is 0 Å². The molecule has 3 heterocycles. The molecule has 1 aromatic carbocycles. The molecule has 3 aromatic rings. The Morgan fingerprint density at radius 2 is 1.79 bits per heavy atom. The van der Waals surface area contributed by atoms with Crippen molar-refractivity contribution >= 4 is 28.5 Å². The molecule has 9 heteroatoms. The van der Waals surface area contributed by atoms with E-state index in [0.717, 1.165) is 36.7 Å². The quantitative estimate of drug-likeness (QED) is 0.685. The Hall–Kier alpha value is -2.97. The van der Waals surface area contributed by atoms with E-state index in [1.54, 1.807) is 6.20 Å². The molecular formula is C20H23F3N6. The standard InChI is InChI=1S/C20H23F3N6/c1-13(2)25-16-4-3-7-24-18(16)28-8-10-29(11-9-28)19-26-15-6-5-14(20(21,22)23)12-17(15)27-19/h3-7,12-13,25H,8-11H2,1-2H3,(H,26,27). The number of pyridine rings is 1. The molecule has 0 atom stereocenters. The van der Waals surface area contributed by atoms with Crippen molar-refractivity contribution in [3.8, 4) is 0 Å². The van der Waals surface area contributed by atoms with Crippen molar-refractivity contribution in [2.24, 2.45) is 0 Å². The van der Waals surface area contributed by atoms with Crippen molar-refractivity contribution in [1.29, 1.82) is 0 Å². The molecule has 0 bridgehead atoms. The summed E-state index contributed by atoms with van der Waals surface area (Å²) in [6.45, 7) is 7.05. The molecule has 0 spiro atoms. The number of imidazole rings is 1. The predicted molar refractivity (Wildman–Crippen MR) is 109 cm³/mol. The predicted octanol–water partition coefficient (Wildman–Crippen LogP) is 4.12. The monoisotopic (exact) mass is 404 g/mol. The van der Waals surface area contributed by atoms with Gasteiger partial charge < -0.3 is 20.1 Å². The van der Waals surface area contributed by atoms with E-state index in [0.29, 0.717) is 36.1 Å². The maximum atomic E-state index is 12.9. The third-order valence-corrected chi connectivity index (χ3v) is 4.91. The fraction of sp³-hybridized carbons (Fsp3) is 0.400. The number of nitrogens with zero attached hydrogens (tertiary/aromatic N) is 4. The maximum Gasteiger partial charge on any atom is 0.416 e. The van der Waals surface area contributed by atoms with Gasteiger partial charge in [0.2, 0.25) is 5.95 Å². The van der Waals surface area contributed by atoms with Gasteiger partial charge in [0.1, 0.15) is 0 Å². The lowest BCUT2D eigenvalue weighted by molar-refractivity contribution is -0.137. The van der Waals surface area contributed by atoms with Gasteiger partial charge in [-0.05, 0) is 44.2 Å². The minimum atomic E-state index is -4.37. The number of rotatable bonds is 4. The number of alkyl halides is 3. The second-order valence-electron chi connectivity index (χ2n) is 7.44. The molecule has 2 N–H and O–H groups in total. The minimum absolute atomic E-state index is 0.302. The van der Waals surface area contributed by atoms with Gasteiger partial charge in [-0.25, -0.2) is 9.97 Å². The SMILES string of the molecule is CC(C)Nc1cccnc1N1CCN(c2nc3cc(C(F)(F)F)ccc3[nH]2)CC1. The molecule has 0 amide bonds. The number of fused-ring (bicyclic) bond motifs is 1. The first kappa shape index (κ1) is 19.4. The van der Waals surface area contributed by atoms with Gasteiger partial charge in [0, 0.05) is 38.4 Å². The number of nitrogens with one attached hydrogen (secondary N) is 2. The van der Waals surface area contributed by atoms with Crippen molar-refractivity contribution in [1.82, 2.24) is 15.0 Å². The molecule has 4 rings (SSSR count). The largest absolute Gasteiger partial charge is 0.416 e. The highest BCUT2D eigenvalue weighted by Gasteiger charge is 2.31. The van der Waals surface area contributed by atoms with E-state index in [9.17, 15) is 13.2 Å². The molecule has 0 saturated carbocycles. The van der Waals surface area contributed by atoms with Crippen molar-refractivity contribution in [2.45, 2.75) is 26.1 Å². The van der Waals surface area contributed by atoms with Crippen LogP contribution in [0.3, 0.4) is 0 Å². The van der Waals surface area contributed by atoms with Crippen LogP contribution in [0, 0.1) is 0 Å². The van der Waals surface area contributed by atoms with Crippen LogP contribution in [0.25, 0.3) is 11.0 Å². The number of hydrogen-bond acceptors (Lipinski definition) is 5. The van der Waals surface area contributed by atoms with Gasteiger partial charge in [-0.1, -0.05) is 0 Å². The number of aromatic nitrogens is 3. The zero-order chi connectivity index (χ0) is 20.6. The van der Waals surface area contributed by atoms with E-state index >= 15 is 0 Å². The van der Waals surface area contributed by atoms with E-state index in [1.807, 2.05) is 12.1 Å². The second kappa shape index (κ2) is 7.46. The summed E-state index contributed by atoms with van der Waals surface area (Å²) in [7, 11) is 0. The first-order valence-electron chi connectivity index (χ1n) is 9.59. The Bertz CT molecular complexity index is 989. The van der Waals surface area contributed by atoms with E-state index in [4.69, 9.17) is 0 Å². The van der Waals surface area contributed by atoms with Crippen LogP contribution >= 0.6 is 0 Å². The summed E-state index contributed by atoms with van der Waals surface area (Å²) in [6, 6.07) is 7.83. The zero-order valence-electron chi connectivity index (χ0n) is 16.3. The number of piperazine rings is 1. The highest BCUT2D eigenvalue weighted by molar-refractivity contribution is 5.78. The maximum absolute atomic E-state index is 12.9. The fourth-order valence-electron chi connectivity index (χ4n) is 3.52. The summed E-state index contributed by atoms with van der Waals surface area (Å²) in [5.74, 6) is 1.51. The number of H-pyrrole nitrogens is 1. The van der Waals surface area contributed by atoms with Gasteiger partial charge in [-0.3, -0.25) is 0 Å². The molecule has 6 nitrogen and oxygen atoms in total. The number of benzene rings is 1. The fourth-order valence-corrected chi connectivity index (χ4v) is 3.52. The van der Waals surface area contributed by atoms with Crippen molar-refractivity contribution in [2.75, 3.05) is 41.3 Å². The highest BCUT2D eigenvalue weighted by Crippen LogP contribution is 2.32. The molecule has 154 valence electrons. The number of anilines is 3. The Labute approximate surface area is 166 Å². The molecule has 29 heavy (non-hydrogen) atoms. The molecule has 2 aromatic heterocycles. The molecule has 0 radical (unpaired) electrons. The normalized spacial score (nSPS) is 15.4. The summed E-state index contributed by atoms with van der Waals surface area (Å²) in [6.07, 6.45) is -2.59. The molecular weight excluding hydrogens is 381 g/mol. The van der Waals surface area contributed by atoms with Crippen molar-refractivity contribution < 1.29 is 13.2 Å². The lowest BCUT2D eigenvalue weighted by Gasteiger charge is -2.36. The van der Waals surface area contributed by atoms with Gasteiger partial charge in [0.25, 0.3) is 0 Å². The number of halogens is 3. The summed E-state index contributed by atoms with van der Waals surface area (Å²) in [4.78, 5) is 16.3. The highest BCUT2D eigenvalue weighted by atomic mass is 19.4. The molecule has 1 saturated heterocycles. The zero-order valence-corrected chi connectivity index (χ0v) is 16.3. The average molecular weight is 404 g/mol. The third kappa shape index (κ3) is 4.08. The van der Waals surface area contributed by atoms with Crippen LogP contribution in [0.5, 0.6) is 0 Å². The Morgan fingerprint density at radius 3 is 2.48 bits per heavy atom. The first-order valence-corrected chi connectivity index (χ1v) is 9.59. The summed E-state index contributed by atoms with van der Waals surface area (Å²) >= 11 is 0. The van der Waals surface area contributed by atoms with Crippen molar-refractivity contribution in [3.05, 3.63) is 42.1 Å². The smallest absolute Gasteiger partial charge is 0.380 e. The van der Waals surface area contributed by atoms with Crippen LogP contribution in [-0.4, -0.2) is 47.2 Å². The summed E-state index contributed by atoms with van der Waals surface area (Å²) < 4.78 is 38.8. The van der Waals surface area contributed by atoms with E-state index in [1.165, 1.54) is 6.07 Å². The van der Waals surface area contributed by atoms with E-state index in [2.05, 4.69) is 43.9 Å². The van der Waals surface area contributed by atoms with Crippen LogP contribution in [0.4, 0.5) is 30.6 Å². The molecule has 0 unspecified atom stereocenters. The topological polar surface area (TPSA) is 60.1 Å². The Morgan fingerprint density at radius 1 is 1.07 bits per heavy atom. The van der Waals surface area contributed by atoms with Crippen LogP contribution in [0.1, 0.15) is 19.4 Å². The minimum Gasteiger partial charge on any atom is -0.380 e. The molecule has 1 aliphatic heterocycles. The van der Waals surface area contributed by atoms with E-state index < -0.39 is 11.7 Å². The average Bonchev–Trinajstić information content (AvgIpc) is 3.11. The lowest BCUT2D eigenvalue weighted by Crippen LogP contribution is -2.47. The summed E-state index contributed by atoms with van der Waals surface area (Å²) in [5.41, 5.74) is 1.24. The summed E-state index contributed by atoms with van der Waals surface area (Å²) in [5, 5.41) is 3.42. The van der Waals surface area contributed by atoms with Gasteiger partial charge in [-0.2, -0.15) is 13.2 Å². The molecule has 1 fully saturated rings. The Balaban J connectivity index is 1.49. The first-order chi connectivity index (χ1) is 13.8. The van der Waals surface area contributed by atoms with Crippen LogP contribution < -0.4 is 15.1 Å². The van der Waals surface area contributed by atoms with Gasteiger partial charge in [-0.15, -0.1) is 0 Å². The van der Waals surface area contributed by atoms with Gasteiger partial charge in [0.15, 0.2) is 5.82 Å². The molecule has 0 aliphatic carbocycles. The Kier molecular flexibility index (Phi) is 4.97. The van der Waals surface area contributed by atoms with Crippen LogP contribution in [-0.2, 0) is 6.18 Å². The lowest BCUT2D eigenvalue weighted by atomic mass is 10.2. The van der Waals surface area contributed by atoms with Gasteiger partial charge in [0.05, 0.1) is 22.3 Å². The number of aromatic amines is 1. The van der Waals surface area contributed by atoms with Crippen LogP contribution in [0.15, 0.2) is 36.5 Å². The van der Waals surface area contributed by atoms with Crippen LogP contribution in [0.2, 0.25) is 0 Å². The second-order valence-corrected chi connectivity index (χ2v) is 7.44. The van der Waals surface area contributed by atoms with E-state index in [-0.39, 0.29) is 0 Å². The van der Waals surface area contributed by atoms with Gasteiger partial charge >= 0.3 is 6.18 Å².